The standard InChI is InChI=1S/C9H4ClNO2/c10-6-1-2-9-7(3-6)8(4-13-9)11-5-12/h1-4H. The number of hydrogen-bond donors (Lipinski definition) is 0. The van der Waals surface area contributed by atoms with Crippen LogP contribution in [0.1, 0.15) is 0 Å². The van der Waals surface area contributed by atoms with Gasteiger partial charge in [-0.2, -0.15) is 4.99 Å². The van der Waals surface area contributed by atoms with E-state index in [1.54, 1.807) is 18.2 Å². The Balaban J connectivity index is 2.78. The first kappa shape index (κ1) is 8.05. The van der Waals surface area contributed by atoms with Gasteiger partial charge in [0.15, 0.2) is 0 Å². The van der Waals surface area contributed by atoms with Gasteiger partial charge in [-0.05, 0) is 18.2 Å². The summed E-state index contributed by atoms with van der Waals surface area (Å²) < 4.78 is 5.13. The van der Waals surface area contributed by atoms with Crippen LogP contribution in [0.15, 0.2) is 33.9 Å². The molecule has 2 rings (SSSR count). The number of carbonyl (C=O) groups excluding carboxylic acids is 1. The summed E-state index contributed by atoms with van der Waals surface area (Å²) in [6.45, 7) is 0. The summed E-state index contributed by atoms with van der Waals surface area (Å²) in [5.41, 5.74) is 1.10. The van der Waals surface area contributed by atoms with E-state index in [0.29, 0.717) is 16.3 Å². The van der Waals surface area contributed by atoms with Crippen molar-refractivity contribution in [1.29, 1.82) is 0 Å². The van der Waals surface area contributed by atoms with Gasteiger partial charge in [-0.1, -0.05) is 11.6 Å². The van der Waals surface area contributed by atoms with E-state index in [1.165, 1.54) is 12.3 Å². The second-order valence-electron chi connectivity index (χ2n) is 2.46. The smallest absolute Gasteiger partial charge is 0.240 e. The van der Waals surface area contributed by atoms with Gasteiger partial charge in [0.1, 0.15) is 17.5 Å². The minimum absolute atomic E-state index is 0.451. The van der Waals surface area contributed by atoms with Crippen LogP contribution in [-0.2, 0) is 4.79 Å². The van der Waals surface area contributed by atoms with Crippen molar-refractivity contribution in [3.8, 4) is 0 Å². The van der Waals surface area contributed by atoms with Crippen LogP contribution in [0, 0.1) is 0 Å². The molecule has 0 spiro atoms. The maximum Gasteiger partial charge on any atom is 0.240 e. The highest BCUT2D eigenvalue weighted by Crippen LogP contribution is 2.29. The predicted octanol–water partition coefficient (Wildman–Crippen LogP) is 3.05. The lowest BCUT2D eigenvalue weighted by atomic mass is 10.2. The van der Waals surface area contributed by atoms with Gasteiger partial charge in [0.05, 0.1) is 0 Å². The Hall–Kier alpha value is -1.57. The Morgan fingerprint density at radius 2 is 2.31 bits per heavy atom. The summed E-state index contributed by atoms with van der Waals surface area (Å²) in [6.07, 6.45) is 2.85. The second kappa shape index (κ2) is 3.05. The zero-order chi connectivity index (χ0) is 9.26. The van der Waals surface area contributed by atoms with Gasteiger partial charge in [-0.25, -0.2) is 4.79 Å². The molecule has 64 valence electrons. The lowest BCUT2D eigenvalue weighted by molar-refractivity contribution is 0.565. The van der Waals surface area contributed by atoms with Crippen molar-refractivity contribution < 1.29 is 9.21 Å². The first-order valence-electron chi connectivity index (χ1n) is 3.56. The summed E-state index contributed by atoms with van der Waals surface area (Å²) in [5, 5.41) is 1.30. The molecule has 0 N–H and O–H groups in total. The number of isocyanates is 1. The van der Waals surface area contributed by atoms with E-state index < -0.39 is 0 Å². The quantitative estimate of drug-likeness (QED) is 0.516. The third-order valence-electron chi connectivity index (χ3n) is 1.68. The van der Waals surface area contributed by atoms with Crippen molar-refractivity contribution in [2.75, 3.05) is 0 Å². The topological polar surface area (TPSA) is 42.6 Å². The van der Waals surface area contributed by atoms with Gasteiger partial charge in [-0.3, -0.25) is 0 Å². The molecule has 0 amide bonds. The molecule has 3 nitrogen and oxygen atoms in total. The molecule has 2 aromatic rings. The fourth-order valence-corrected chi connectivity index (χ4v) is 1.30. The van der Waals surface area contributed by atoms with Gasteiger partial charge < -0.3 is 4.42 Å². The molecule has 0 radical (unpaired) electrons. The SMILES string of the molecule is O=C=Nc1coc2ccc(Cl)cc12. The van der Waals surface area contributed by atoms with Gasteiger partial charge in [-0.15, -0.1) is 0 Å². The van der Waals surface area contributed by atoms with Crippen molar-refractivity contribution in [2.45, 2.75) is 0 Å². The van der Waals surface area contributed by atoms with Crippen molar-refractivity contribution in [1.82, 2.24) is 0 Å². The molecule has 13 heavy (non-hydrogen) atoms. The predicted molar refractivity (Wildman–Crippen MR) is 49.0 cm³/mol. The molecule has 0 aliphatic rings. The molecule has 0 bridgehead atoms. The van der Waals surface area contributed by atoms with E-state index in [-0.39, 0.29) is 0 Å². The number of fused-ring (bicyclic) bond motifs is 1. The largest absolute Gasteiger partial charge is 0.462 e. The summed E-state index contributed by atoms with van der Waals surface area (Å²) in [5.74, 6) is 0. The summed E-state index contributed by atoms with van der Waals surface area (Å²) >= 11 is 5.77. The van der Waals surface area contributed by atoms with Gasteiger partial charge in [0.2, 0.25) is 6.08 Å². The highest BCUT2D eigenvalue weighted by molar-refractivity contribution is 6.31. The Bertz CT molecular complexity index is 497. The molecule has 1 aromatic heterocycles. The number of halogens is 1. The van der Waals surface area contributed by atoms with E-state index in [1.807, 2.05) is 0 Å². The van der Waals surface area contributed by atoms with E-state index in [0.717, 1.165) is 5.39 Å². The Morgan fingerprint density at radius 3 is 3.08 bits per heavy atom. The van der Waals surface area contributed by atoms with Crippen LogP contribution >= 0.6 is 11.6 Å². The molecular weight excluding hydrogens is 190 g/mol. The van der Waals surface area contributed by atoms with Crippen LogP contribution in [0.4, 0.5) is 5.69 Å². The second-order valence-corrected chi connectivity index (χ2v) is 2.90. The summed E-state index contributed by atoms with van der Waals surface area (Å²) in [6, 6.07) is 5.12. The number of benzene rings is 1. The molecule has 0 saturated carbocycles. The van der Waals surface area contributed by atoms with Crippen LogP contribution in [0.2, 0.25) is 5.02 Å². The zero-order valence-corrected chi connectivity index (χ0v) is 7.21. The average Bonchev–Trinajstić information content (AvgIpc) is 2.49. The van der Waals surface area contributed by atoms with Crippen LogP contribution in [0.25, 0.3) is 11.0 Å². The molecular formula is C9H4ClNO2. The van der Waals surface area contributed by atoms with E-state index in [9.17, 15) is 4.79 Å². The van der Waals surface area contributed by atoms with Crippen molar-refractivity contribution in [3.63, 3.8) is 0 Å². The average molecular weight is 194 g/mol. The molecule has 0 atom stereocenters. The molecule has 0 unspecified atom stereocenters. The lowest BCUT2D eigenvalue weighted by Gasteiger charge is -1.89. The summed E-state index contributed by atoms with van der Waals surface area (Å²) in [4.78, 5) is 13.5. The fraction of sp³-hybridized carbons (Fsp3) is 0. The molecule has 1 heterocycles. The Labute approximate surface area is 78.6 Å². The van der Waals surface area contributed by atoms with E-state index >= 15 is 0 Å². The molecule has 0 aliphatic carbocycles. The van der Waals surface area contributed by atoms with Crippen LogP contribution in [0.3, 0.4) is 0 Å². The van der Waals surface area contributed by atoms with Crippen LogP contribution in [0.5, 0.6) is 0 Å². The van der Waals surface area contributed by atoms with Crippen LogP contribution < -0.4 is 0 Å². The van der Waals surface area contributed by atoms with Gasteiger partial charge in [0, 0.05) is 10.4 Å². The van der Waals surface area contributed by atoms with Gasteiger partial charge in [0.25, 0.3) is 0 Å². The van der Waals surface area contributed by atoms with E-state index in [4.69, 9.17) is 16.0 Å². The molecule has 0 aliphatic heterocycles. The third kappa shape index (κ3) is 1.35. The highest BCUT2D eigenvalue weighted by Gasteiger charge is 2.04. The number of nitrogens with zero attached hydrogens (tertiary/aromatic N) is 1. The lowest BCUT2D eigenvalue weighted by Crippen LogP contribution is -1.65. The minimum Gasteiger partial charge on any atom is -0.462 e. The third-order valence-corrected chi connectivity index (χ3v) is 1.92. The van der Waals surface area contributed by atoms with Crippen molar-refractivity contribution >= 4 is 34.3 Å². The first-order chi connectivity index (χ1) is 6.31. The molecule has 0 saturated heterocycles. The maximum absolute atomic E-state index is 10.0. The Kier molecular flexibility index (Phi) is 1.89. The first-order valence-corrected chi connectivity index (χ1v) is 3.93. The van der Waals surface area contributed by atoms with E-state index in [2.05, 4.69) is 4.99 Å². The minimum atomic E-state index is 0.451. The van der Waals surface area contributed by atoms with Crippen LogP contribution in [-0.4, -0.2) is 6.08 Å². The van der Waals surface area contributed by atoms with Crippen molar-refractivity contribution in [2.24, 2.45) is 4.99 Å². The zero-order valence-electron chi connectivity index (χ0n) is 6.45. The summed E-state index contributed by atoms with van der Waals surface area (Å²) in [7, 11) is 0. The number of rotatable bonds is 1. The number of hydrogen-bond acceptors (Lipinski definition) is 3. The maximum atomic E-state index is 10.0. The molecule has 4 heteroatoms. The molecule has 1 aromatic carbocycles. The monoisotopic (exact) mass is 193 g/mol. The number of furan rings is 1. The number of aliphatic imine (C=N–C) groups is 1. The highest BCUT2D eigenvalue weighted by atomic mass is 35.5. The fourth-order valence-electron chi connectivity index (χ4n) is 1.12. The molecule has 0 fully saturated rings. The normalized spacial score (nSPS) is 9.92. The van der Waals surface area contributed by atoms with Crippen molar-refractivity contribution in [3.05, 3.63) is 29.5 Å². The Morgan fingerprint density at radius 1 is 1.46 bits per heavy atom. The van der Waals surface area contributed by atoms with Gasteiger partial charge >= 0.3 is 0 Å².